The molecule has 2 N–H and O–H groups in total. The van der Waals surface area contributed by atoms with E-state index in [1.165, 1.54) is 16.9 Å². The van der Waals surface area contributed by atoms with Gasteiger partial charge in [-0.15, -0.1) is 11.3 Å². The van der Waals surface area contributed by atoms with Crippen LogP contribution in [0.15, 0.2) is 29.6 Å². The lowest BCUT2D eigenvalue weighted by atomic mass is 10.1. The Morgan fingerprint density at radius 3 is 3.05 bits per heavy atom. The molecular weight excluding hydrogens is 256 g/mol. The molecule has 0 spiro atoms. The average molecular weight is 272 g/mol. The Balaban J connectivity index is 2.00. The molecule has 0 unspecified atom stereocenters. The van der Waals surface area contributed by atoms with Gasteiger partial charge in [0.15, 0.2) is 0 Å². The SMILES string of the molecule is CCc1ccsc1C(=O)N1CCc2cccc(N)c21. The van der Waals surface area contributed by atoms with E-state index in [1.54, 1.807) is 0 Å². The number of anilines is 2. The highest BCUT2D eigenvalue weighted by atomic mass is 32.1. The quantitative estimate of drug-likeness (QED) is 0.854. The molecule has 2 heterocycles. The van der Waals surface area contributed by atoms with Crippen LogP contribution in [0.5, 0.6) is 0 Å². The molecule has 0 atom stereocenters. The molecular formula is C15H16N2OS. The van der Waals surface area contributed by atoms with Crippen LogP contribution in [-0.2, 0) is 12.8 Å². The molecule has 3 nitrogen and oxygen atoms in total. The number of fused-ring (bicyclic) bond motifs is 1. The number of para-hydroxylation sites is 1. The smallest absolute Gasteiger partial charge is 0.268 e. The van der Waals surface area contributed by atoms with E-state index in [4.69, 9.17) is 5.73 Å². The highest BCUT2D eigenvalue weighted by molar-refractivity contribution is 7.12. The lowest BCUT2D eigenvalue weighted by Gasteiger charge is -2.18. The predicted molar refractivity (Wildman–Crippen MR) is 79.9 cm³/mol. The molecule has 1 amide bonds. The predicted octanol–water partition coefficient (Wildman–Crippen LogP) is 3.10. The number of nitrogen functional groups attached to an aromatic ring is 1. The molecule has 98 valence electrons. The third-order valence-electron chi connectivity index (χ3n) is 3.59. The summed E-state index contributed by atoms with van der Waals surface area (Å²) in [5.41, 5.74) is 9.92. The summed E-state index contributed by atoms with van der Waals surface area (Å²) < 4.78 is 0. The number of rotatable bonds is 2. The number of aryl methyl sites for hydroxylation is 1. The zero-order valence-electron chi connectivity index (χ0n) is 10.8. The molecule has 1 aromatic heterocycles. The highest BCUT2D eigenvalue weighted by Gasteiger charge is 2.28. The van der Waals surface area contributed by atoms with Crippen molar-refractivity contribution in [3.05, 3.63) is 45.6 Å². The van der Waals surface area contributed by atoms with Crippen molar-refractivity contribution in [2.75, 3.05) is 17.2 Å². The largest absolute Gasteiger partial charge is 0.397 e. The topological polar surface area (TPSA) is 46.3 Å². The summed E-state index contributed by atoms with van der Waals surface area (Å²) in [6.45, 7) is 2.80. The number of amides is 1. The molecule has 0 saturated carbocycles. The van der Waals surface area contributed by atoms with E-state index >= 15 is 0 Å². The lowest BCUT2D eigenvalue weighted by molar-refractivity contribution is 0.0992. The second kappa shape index (κ2) is 4.70. The Labute approximate surface area is 116 Å². The fourth-order valence-corrected chi connectivity index (χ4v) is 3.56. The van der Waals surface area contributed by atoms with Crippen molar-refractivity contribution in [3.8, 4) is 0 Å². The Morgan fingerprint density at radius 2 is 2.26 bits per heavy atom. The standard InChI is InChI=1S/C15H16N2OS/c1-2-10-7-9-19-14(10)15(18)17-8-6-11-4-3-5-12(16)13(11)17/h3-5,7,9H,2,6,8,16H2,1H3. The Kier molecular flexibility index (Phi) is 3.03. The normalized spacial score (nSPS) is 13.6. The molecule has 4 heteroatoms. The van der Waals surface area contributed by atoms with Gasteiger partial charge in [-0.05, 0) is 41.5 Å². The van der Waals surface area contributed by atoms with Gasteiger partial charge >= 0.3 is 0 Å². The van der Waals surface area contributed by atoms with Crippen LogP contribution in [0.2, 0.25) is 0 Å². The van der Waals surface area contributed by atoms with Crippen molar-refractivity contribution in [1.82, 2.24) is 0 Å². The van der Waals surface area contributed by atoms with Gasteiger partial charge in [0.05, 0.1) is 16.3 Å². The summed E-state index contributed by atoms with van der Waals surface area (Å²) in [4.78, 5) is 15.4. The summed E-state index contributed by atoms with van der Waals surface area (Å²) >= 11 is 1.52. The van der Waals surface area contributed by atoms with E-state index in [-0.39, 0.29) is 5.91 Å². The Hall–Kier alpha value is -1.81. The second-order valence-electron chi connectivity index (χ2n) is 4.69. The van der Waals surface area contributed by atoms with E-state index < -0.39 is 0 Å². The van der Waals surface area contributed by atoms with Crippen LogP contribution in [0, 0.1) is 0 Å². The number of hydrogen-bond acceptors (Lipinski definition) is 3. The zero-order chi connectivity index (χ0) is 13.4. The number of thiophene rings is 1. The molecule has 0 fully saturated rings. The molecule has 0 bridgehead atoms. The van der Waals surface area contributed by atoms with Gasteiger partial charge in [0.2, 0.25) is 0 Å². The van der Waals surface area contributed by atoms with Gasteiger partial charge in [-0.3, -0.25) is 4.79 Å². The first-order chi connectivity index (χ1) is 9.22. The van der Waals surface area contributed by atoms with Crippen molar-refractivity contribution >= 4 is 28.6 Å². The molecule has 1 aromatic carbocycles. The number of nitrogens with two attached hydrogens (primary N) is 1. The van der Waals surface area contributed by atoms with Crippen molar-refractivity contribution in [3.63, 3.8) is 0 Å². The Bertz CT molecular complexity index is 633. The van der Waals surface area contributed by atoms with E-state index in [9.17, 15) is 4.79 Å². The van der Waals surface area contributed by atoms with Crippen LogP contribution in [0.1, 0.15) is 27.7 Å². The first-order valence-electron chi connectivity index (χ1n) is 6.48. The molecule has 19 heavy (non-hydrogen) atoms. The maximum Gasteiger partial charge on any atom is 0.268 e. The zero-order valence-corrected chi connectivity index (χ0v) is 11.7. The van der Waals surface area contributed by atoms with Crippen molar-refractivity contribution in [2.24, 2.45) is 0 Å². The first-order valence-corrected chi connectivity index (χ1v) is 7.36. The maximum absolute atomic E-state index is 12.7. The summed E-state index contributed by atoms with van der Waals surface area (Å²) in [5, 5.41) is 1.98. The minimum Gasteiger partial charge on any atom is -0.397 e. The van der Waals surface area contributed by atoms with Gasteiger partial charge in [0, 0.05) is 6.54 Å². The maximum atomic E-state index is 12.7. The molecule has 2 aromatic rings. The Morgan fingerprint density at radius 1 is 1.42 bits per heavy atom. The summed E-state index contributed by atoms with van der Waals surface area (Å²) in [5.74, 6) is 0.0866. The molecule has 1 aliphatic heterocycles. The summed E-state index contributed by atoms with van der Waals surface area (Å²) in [6.07, 6.45) is 1.77. The van der Waals surface area contributed by atoms with Gasteiger partial charge in [-0.1, -0.05) is 19.1 Å². The highest BCUT2D eigenvalue weighted by Crippen LogP contribution is 2.35. The fraction of sp³-hybridized carbons (Fsp3) is 0.267. The number of carbonyl (C=O) groups excluding carboxylic acids is 1. The van der Waals surface area contributed by atoms with Gasteiger partial charge < -0.3 is 10.6 Å². The molecule has 0 aliphatic carbocycles. The van der Waals surface area contributed by atoms with Crippen molar-refractivity contribution in [1.29, 1.82) is 0 Å². The van der Waals surface area contributed by atoms with Crippen LogP contribution < -0.4 is 10.6 Å². The molecule has 0 radical (unpaired) electrons. The first kappa shape index (κ1) is 12.2. The van der Waals surface area contributed by atoms with Crippen LogP contribution in [0.25, 0.3) is 0 Å². The van der Waals surface area contributed by atoms with Gasteiger partial charge in [0.1, 0.15) is 0 Å². The molecule has 1 aliphatic rings. The van der Waals surface area contributed by atoms with Crippen LogP contribution in [-0.4, -0.2) is 12.5 Å². The fourth-order valence-electron chi connectivity index (χ4n) is 2.61. The number of hydrogen-bond donors (Lipinski definition) is 1. The van der Waals surface area contributed by atoms with Crippen molar-refractivity contribution < 1.29 is 4.79 Å². The second-order valence-corrected chi connectivity index (χ2v) is 5.61. The number of carbonyl (C=O) groups is 1. The van der Waals surface area contributed by atoms with Gasteiger partial charge in [0.25, 0.3) is 5.91 Å². The van der Waals surface area contributed by atoms with E-state index in [1.807, 2.05) is 34.5 Å². The van der Waals surface area contributed by atoms with Crippen LogP contribution in [0.3, 0.4) is 0 Å². The van der Waals surface area contributed by atoms with Gasteiger partial charge in [-0.2, -0.15) is 0 Å². The third-order valence-corrected chi connectivity index (χ3v) is 4.54. The van der Waals surface area contributed by atoms with E-state index in [0.29, 0.717) is 5.69 Å². The van der Waals surface area contributed by atoms with Gasteiger partial charge in [-0.25, -0.2) is 0 Å². The minimum absolute atomic E-state index is 0.0866. The minimum atomic E-state index is 0.0866. The lowest BCUT2D eigenvalue weighted by Crippen LogP contribution is -2.29. The number of benzene rings is 1. The molecule has 0 saturated heterocycles. The summed E-state index contributed by atoms with van der Waals surface area (Å²) in [6, 6.07) is 7.89. The number of nitrogens with zero attached hydrogens (tertiary/aromatic N) is 1. The van der Waals surface area contributed by atoms with Crippen LogP contribution >= 0.6 is 11.3 Å². The van der Waals surface area contributed by atoms with Crippen LogP contribution in [0.4, 0.5) is 11.4 Å². The van der Waals surface area contributed by atoms with E-state index in [2.05, 4.69) is 6.92 Å². The average Bonchev–Trinajstić information content (AvgIpc) is 3.05. The van der Waals surface area contributed by atoms with Crippen molar-refractivity contribution in [2.45, 2.75) is 19.8 Å². The van der Waals surface area contributed by atoms with E-state index in [0.717, 1.165) is 35.5 Å². The summed E-state index contributed by atoms with van der Waals surface area (Å²) in [7, 11) is 0. The molecule has 3 rings (SSSR count). The monoisotopic (exact) mass is 272 g/mol. The third kappa shape index (κ3) is 1.92.